The average Bonchev–Trinajstić information content (AvgIpc) is 3.50. The van der Waals surface area contributed by atoms with Gasteiger partial charge in [0.15, 0.2) is 5.58 Å². The lowest BCUT2D eigenvalue weighted by Crippen LogP contribution is -2.49. The number of piperazine rings is 1. The fraction of sp³-hybridized carbons (Fsp3) is 0.375. The number of hydrogen-bond acceptors (Lipinski definition) is 8. The van der Waals surface area contributed by atoms with Crippen molar-refractivity contribution in [1.29, 1.82) is 5.26 Å². The molecule has 0 unspecified atom stereocenters. The second-order valence-corrected chi connectivity index (χ2v) is 8.71. The van der Waals surface area contributed by atoms with Gasteiger partial charge >= 0.3 is 6.18 Å². The molecular formula is C24H22F3N7O4. The highest BCUT2D eigenvalue weighted by Crippen LogP contribution is 2.34. The van der Waals surface area contributed by atoms with Crippen molar-refractivity contribution in [3.63, 3.8) is 0 Å². The van der Waals surface area contributed by atoms with E-state index in [2.05, 4.69) is 16.2 Å². The van der Waals surface area contributed by atoms with E-state index >= 15 is 0 Å². The molecule has 38 heavy (non-hydrogen) atoms. The molecule has 1 aliphatic heterocycles. The number of carbonyl (C=O) groups excluding carboxylic acids is 1. The molecule has 1 fully saturated rings. The van der Waals surface area contributed by atoms with E-state index in [0.717, 1.165) is 6.20 Å². The number of aromatic nitrogens is 4. The molecule has 0 bridgehead atoms. The molecule has 1 saturated heterocycles. The van der Waals surface area contributed by atoms with Crippen LogP contribution in [0.1, 0.15) is 17.5 Å². The molecule has 1 aliphatic rings. The van der Waals surface area contributed by atoms with E-state index < -0.39 is 22.7 Å². The van der Waals surface area contributed by atoms with Gasteiger partial charge in [-0.15, -0.1) is 0 Å². The number of benzene rings is 1. The number of fused-ring (bicyclic) bond motifs is 2. The van der Waals surface area contributed by atoms with Gasteiger partial charge in [0.25, 0.3) is 11.6 Å². The number of hydrogen-bond donors (Lipinski definition) is 1. The summed E-state index contributed by atoms with van der Waals surface area (Å²) in [5.74, 6) is -0.0950. The number of amides is 1. The number of aromatic amines is 1. The maximum absolute atomic E-state index is 13.3. The van der Waals surface area contributed by atoms with Crippen LogP contribution in [0.15, 0.2) is 39.8 Å². The van der Waals surface area contributed by atoms with Gasteiger partial charge in [-0.3, -0.25) is 9.59 Å². The van der Waals surface area contributed by atoms with Gasteiger partial charge in [-0.05, 0) is 12.1 Å². The third-order valence-corrected chi connectivity index (χ3v) is 6.35. The van der Waals surface area contributed by atoms with E-state index in [1.165, 1.54) is 10.8 Å². The van der Waals surface area contributed by atoms with Gasteiger partial charge in [0, 0.05) is 45.0 Å². The van der Waals surface area contributed by atoms with Crippen molar-refractivity contribution >= 4 is 33.9 Å². The third-order valence-electron chi connectivity index (χ3n) is 6.35. The Morgan fingerprint density at radius 3 is 2.74 bits per heavy atom. The average molecular weight is 529 g/mol. The first kappa shape index (κ1) is 25.3. The maximum Gasteiger partial charge on any atom is 0.418 e. The van der Waals surface area contributed by atoms with E-state index in [4.69, 9.17) is 14.4 Å². The van der Waals surface area contributed by atoms with Gasteiger partial charge in [0.05, 0.1) is 53.9 Å². The Morgan fingerprint density at radius 2 is 2.00 bits per heavy atom. The van der Waals surface area contributed by atoms with Crippen molar-refractivity contribution in [3.8, 4) is 6.07 Å². The topological polar surface area (TPSA) is 133 Å². The van der Waals surface area contributed by atoms with Crippen LogP contribution in [0.25, 0.3) is 22.0 Å². The van der Waals surface area contributed by atoms with E-state index in [9.17, 15) is 22.8 Å². The van der Waals surface area contributed by atoms with Crippen molar-refractivity contribution in [3.05, 3.63) is 52.1 Å². The third kappa shape index (κ3) is 5.05. The summed E-state index contributed by atoms with van der Waals surface area (Å²) in [5.41, 5.74) is -0.221. The lowest BCUT2D eigenvalue weighted by molar-refractivity contribution is -0.136. The van der Waals surface area contributed by atoms with Crippen LogP contribution in [0.5, 0.6) is 0 Å². The zero-order valence-electron chi connectivity index (χ0n) is 20.0. The molecular weight excluding hydrogens is 507 g/mol. The number of nitrogens with zero attached hydrogens (tertiary/aromatic N) is 6. The number of halogens is 3. The number of nitrogens with one attached hydrogen (secondary N) is 1. The standard InChI is InChI=1S/C24H22F3N7O4/c25-24(26,27)16-14-34(18-13-29-31-22(36)21(16)18)8-10-37-9-3-20(35)32-4-6-33(7-5-32)23-30-17-2-1-15(12-28)11-19(17)38-23/h1-2,11,13-14H,3-10H2,(H,31,36). The zero-order chi connectivity index (χ0) is 26.9. The van der Waals surface area contributed by atoms with Crippen LogP contribution < -0.4 is 10.5 Å². The molecule has 4 aromatic rings. The smallest absolute Gasteiger partial charge is 0.418 e. The Bertz CT molecular complexity index is 1580. The van der Waals surface area contributed by atoms with Gasteiger partial charge in [-0.25, -0.2) is 5.10 Å². The predicted octanol–water partition coefficient (Wildman–Crippen LogP) is 2.51. The molecule has 0 radical (unpaired) electrons. The van der Waals surface area contributed by atoms with Crippen molar-refractivity contribution in [2.75, 3.05) is 44.3 Å². The Morgan fingerprint density at radius 1 is 1.21 bits per heavy atom. The first-order valence-corrected chi connectivity index (χ1v) is 11.8. The number of oxazole rings is 1. The quantitative estimate of drug-likeness (QED) is 0.361. The van der Waals surface area contributed by atoms with E-state index in [1.54, 1.807) is 23.1 Å². The Labute approximate surface area is 213 Å². The molecule has 14 heteroatoms. The number of H-pyrrole nitrogens is 1. The lowest BCUT2D eigenvalue weighted by Gasteiger charge is -2.33. The fourth-order valence-corrected chi connectivity index (χ4v) is 4.40. The normalized spacial score (nSPS) is 14.4. The van der Waals surface area contributed by atoms with Crippen molar-refractivity contribution in [2.45, 2.75) is 19.1 Å². The van der Waals surface area contributed by atoms with Gasteiger partial charge in [0.1, 0.15) is 5.52 Å². The van der Waals surface area contributed by atoms with Crippen LogP contribution in [0, 0.1) is 11.3 Å². The van der Waals surface area contributed by atoms with Crippen molar-refractivity contribution in [1.82, 2.24) is 24.6 Å². The minimum Gasteiger partial charge on any atom is -0.423 e. The van der Waals surface area contributed by atoms with Crippen molar-refractivity contribution < 1.29 is 27.1 Å². The maximum atomic E-state index is 13.3. The van der Waals surface area contributed by atoms with Crippen molar-refractivity contribution in [2.24, 2.45) is 0 Å². The monoisotopic (exact) mass is 529 g/mol. The molecule has 198 valence electrons. The molecule has 0 atom stereocenters. The second-order valence-electron chi connectivity index (χ2n) is 8.71. The molecule has 11 nitrogen and oxygen atoms in total. The van der Waals surface area contributed by atoms with Gasteiger partial charge < -0.3 is 23.5 Å². The summed E-state index contributed by atoms with van der Waals surface area (Å²) in [4.78, 5) is 32.6. The SMILES string of the molecule is N#Cc1ccc2nc(N3CCN(C(=O)CCOCCn4cc(C(F)(F)F)c5c(=O)[nH]ncc54)CC3)oc2c1. The molecule has 3 aromatic heterocycles. The molecule has 1 aromatic carbocycles. The number of rotatable bonds is 7. The number of carbonyl (C=O) groups is 1. The fourth-order valence-electron chi connectivity index (χ4n) is 4.40. The van der Waals surface area contributed by atoms with E-state index in [1.807, 2.05) is 10.00 Å². The minimum atomic E-state index is -4.68. The Balaban J connectivity index is 1.09. The molecule has 4 heterocycles. The summed E-state index contributed by atoms with van der Waals surface area (Å²) in [7, 11) is 0. The second kappa shape index (κ2) is 10.2. The highest BCUT2D eigenvalue weighted by atomic mass is 19.4. The van der Waals surface area contributed by atoms with E-state index in [0.29, 0.717) is 48.9 Å². The Hall–Kier alpha value is -4.38. The summed E-state index contributed by atoms with van der Waals surface area (Å²) < 4.78 is 52.6. The molecule has 1 amide bonds. The zero-order valence-corrected chi connectivity index (χ0v) is 20.0. The molecule has 5 rings (SSSR count). The predicted molar refractivity (Wildman–Crippen MR) is 128 cm³/mol. The first-order chi connectivity index (χ1) is 18.2. The number of ether oxygens (including phenoxy) is 1. The summed E-state index contributed by atoms with van der Waals surface area (Å²) in [5, 5.41) is 14.2. The molecule has 1 N–H and O–H groups in total. The molecule has 0 aliphatic carbocycles. The number of alkyl halides is 3. The molecule has 0 spiro atoms. The van der Waals surface area contributed by atoms with Crippen LogP contribution >= 0.6 is 0 Å². The van der Waals surface area contributed by atoms with E-state index in [-0.39, 0.29) is 37.6 Å². The summed E-state index contributed by atoms with van der Waals surface area (Å²) in [6, 6.07) is 7.54. The number of anilines is 1. The van der Waals surface area contributed by atoms with Crippen LogP contribution in [0.3, 0.4) is 0 Å². The van der Waals surface area contributed by atoms with Gasteiger partial charge in [-0.2, -0.15) is 28.5 Å². The summed E-state index contributed by atoms with van der Waals surface area (Å²) >= 11 is 0. The lowest BCUT2D eigenvalue weighted by atomic mass is 10.2. The molecule has 0 saturated carbocycles. The Kier molecular flexibility index (Phi) is 6.77. The largest absolute Gasteiger partial charge is 0.423 e. The van der Waals surface area contributed by atoms with Gasteiger partial charge in [0.2, 0.25) is 5.91 Å². The van der Waals surface area contributed by atoms with Crippen LogP contribution in [-0.2, 0) is 22.3 Å². The van der Waals surface area contributed by atoms with Crippen LogP contribution in [0.4, 0.5) is 19.2 Å². The summed E-state index contributed by atoms with van der Waals surface area (Å²) in [6.07, 6.45) is -2.52. The minimum absolute atomic E-state index is 0.0557. The van der Waals surface area contributed by atoms with Gasteiger partial charge in [-0.1, -0.05) is 0 Å². The first-order valence-electron chi connectivity index (χ1n) is 11.8. The highest BCUT2D eigenvalue weighted by Gasteiger charge is 2.36. The highest BCUT2D eigenvalue weighted by molar-refractivity contribution is 5.82. The van der Waals surface area contributed by atoms with Crippen LogP contribution in [-0.4, -0.2) is 69.9 Å². The summed E-state index contributed by atoms with van der Waals surface area (Å²) in [6.45, 7) is 2.22. The van der Waals surface area contributed by atoms with Crippen LogP contribution in [0.2, 0.25) is 0 Å². The number of nitriles is 1.